The highest BCUT2D eigenvalue weighted by Gasteiger charge is 2.28. The highest BCUT2D eigenvalue weighted by molar-refractivity contribution is 5.18. The lowest BCUT2D eigenvalue weighted by Crippen LogP contribution is -2.27. The van der Waals surface area contributed by atoms with E-state index in [-0.39, 0.29) is 12.0 Å². The van der Waals surface area contributed by atoms with E-state index in [0.717, 1.165) is 6.42 Å². The fourth-order valence-corrected chi connectivity index (χ4v) is 1.47. The van der Waals surface area contributed by atoms with Crippen molar-refractivity contribution in [3.8, 4) is 0 Å². The SMILES string of the molecule is CCC1(C)C=CC=CC1CO. The van der Waals surface area contributed by atoms with Crippen LogP contribution >= 0.6 is 0 Å². The van der Waals surface area contributed by atoms with Gasteiger partial charge in [-0.15, -0.1) is 0 Å². The topological polar surface area (TPSA) is 20.2 Å². The van der Waals surface area contributed by atoms with Gasteiger partial charge in [0.05, 0.1) is 6.61 Å². The number of aliphatic hydroxyl groups excluding tert-OH is 1. The van der Waals surface area contributed by atoms with Crippen LogP contribution < -0.4 is 0 Å². The zero-order valence-corrected chi connectivity index (χ0v) is 7.25. The van der Waals surface area contributed by atoms with Crippen molar-refractivity contribution >= 4 is 0 Å². The van der Waals surface area contributed by atoms with Gasteiger partial charge in [0.15, 0.2) is 0 Å². The molecule has 1 aliphatic carbocycles. The van der Waals surface area contributed by atoms with E-state index in [1.165, 1.54) is 0 Å². The molecule has 0 saturated heterocycles. The molecule has 0 fully saturated rings. The second kappa shape index (κ2) is 3.22. The van der Waals surface area contributed by atoms with Gasteiger partial charge in [0.1, 0.15) is 0 Å². The summed E-state index contributed by atoms with van der Waals surface area (Å²) in [5.74, 6) is 0.303. The molecule has 0 aromatic carbocycles. The molecule has 2 atom stereocenters. The molecular formula is C10H16O. The van der Waals surface area contributed by atoms with Gasteiger partial charge in [-0.25, -0.2) is 0 Å². The maximum Gasteiger partial charge on any atom is 0.0502 e. The van der Waals surface area contributed by atoms with Crippen LogP contribution in [0.1, 0.15) is 20.3 Å². The molecule has 1 heteroatoms. The van der Waals surface area contributed by atoms with Crippen LogP contribution in [-0.2, 0) is 0 Å². The average molecular weight is 152 g/mol. The molecule has 62 valence electrons. The number of rotatable bonds is 2. The Morgan fingerprint density at radius 2 is 2.18 bits per heavy atom. The molecule has 0 spiro atoms. The van der Waals surface area contributed by atoms with Gasteiger partial charge in [0, 0.05) is 5.92 Å². The number of hydrogen-bond donors (Lipinski definition) is 1. The van der Waals surface area contributed by atoms with E-state index in [9.17, 15) is 0 Å². The highest BCUT2D eigenvalue weighted by Crippen LogP contribution is 2.35. The Bertz CT molecular complexity index is 181. The Morgan fingerprint density at radius 1 is 1.45 bits per heavy atom. The van der Waals surface area contributed by atoms with Crippen LogP contribution in [0.25, 0.3) is 0 Å². The smallest absolute Gasteiger partial charge is 0.0502 e. The van der Waals surface area contributed by atoms with Crippen LogP contribution in [0, 0.1) is 11.3 Å². The van der Waals surface area contributed by atoms with E-state index < -0.39 is 0 Å². The predicted octanol–water partition coefficient (Wildman–Crippen LogP) is 2.14. The lowest BCUT2D eigenvalue weighted by molar-refractivity contribution is 0.168. The minimum Gasteiger partial charge on any atom is -0.396 e. The molecule has 1 aliphatic rings. The first-order chi connectivity index (χ1) is 5.23. The van der Waals surface area contributed by atoms with Crippen molar-refractivity contribution in [3.05, 3.63) is 24.3 Å². The third-order valence-corrected chi connectivity index (χ3v) is 2.74. The lowest BCUT2D eigenvalue weighted by atomic mass is 9.73. The van der Waals surface area contributed by atoms with E-state index in [1.54, 1.807) is 0 Å². The van der Waals surface area contributed by atoms with Gasteiger partial charge < -0.3 is 5.11 Å². The Morgan fingerprint density at radius 3 is 2.64 bits per heavy atom. The monoisotopic (exact) mass is 152 g/mol. The summed E-state index contributed by atoms with van der Waals surface area (Å²) >= 11 is 0. The first kappa shape index (κ1) is 8.54. The second-order valence-corrected chi connectivity index (χ2v) is 3.39. The number of allylic oxidation sites excluding steroid dienone is 3. The summed E-state index contributed by atoms with van der Waals surface area (Å²) in [6.07, 6.45) is 9.43. The average Bonchev–Trinajstić information content (AvgIpc) is 2.05. The molecule has 1 N–H and O–H groups in total. The lowest BCUT2D eigenvalue weighted by Gasteiger charge is -2.32. The zero-order valence-electron chi connectivity index (χ0n) is 7.25. The van der Waals surface area contributed by atoms with Crippen molar-refractivity contribution in [2.24, 2.45) is 11.3 Å². The summed E-state index contributed by atoms with van der Waals surface area (Å²) in [6.45, 7) is 4.60. The van der Waals surface area contributed by atoms with Gasteiger partial charge in [0.2, 0.25) is 0 Å². The molecule has 0 aromatic heterocycles. The van der Waals surface area contributed by atoms with E-state index in [1.807, 2.05) is 6.08 Å². The van der Waals surface area contributed by atoms with E-state index in [0.29, 0.717) is 5.92 Å². The van der Waals surface area contributed by atoms with E-state index in [4.69, 9.17) is 5.11 Å². The van der Waals surface area contributed by atoms with Crippen molar-refractivity contribution in [3.63, 3.8) is 0 Å². The molecule has 2 unspecified atom stereocenters. The second-order valence-electron chi connectivity index (χ2n) is 3.39. The fraction of sp³-hybridized carbons (Fsp3) is 0.600. The zero-order chi connectivity index (χ0) is 8.32. The first-order valence-corrected chi connectivity index (χ1v) is 4.20. The summed E-state index contributed by atoms with van der Waals surface area (Å²) in [6, 6.07) is 0. The molecule has 0 bridgehead atoms. The summed E-state index contributed by atoms with van der Waals surface area (Å²) < 4.78 is 0. The van der Waals surface area contributed by atoms with Crippen LogP contribution in [0.5, 0.6) is 0 Å². The maximum atomic E-state index is 9.07. The molecule has 1 rings (SSSR count). The summed E-state index contributed by atoms with van der Waals surface area (Å²) in [5.41, 5.74) is 0.170. The summed E-state index contributed by atoms with van der Waals surface area (Å²) in [5, 5.41) is 9.07. The van der Waals surface area contributed by atoms with Crippen LogP contribution in [0.3, 0.4) is 0 Å². The van der Waals surface area contributed by atoms with Gasteiger partial charge in [0.25, 0.3) is 0 Å². The third kappa shape index (κ3) is 1.54. The molecule has 0 amide bonds. The molecule has 0 saturated carbocycles. The van der Waals surface area contributed by atoms with Crippen LogP contribution in [0.15, 0.2) is 24.3 Å². The first-order valence-electron chi connectivity index (χ1n) is 4.20. The Kier molecular flexibility index (Phi) is 2.50. The molecule has 0 aromatic rings. The molecule has 11 heavy (non-hydrogen) atoms. The van der Waals surface area contributed by atoms with Gasteiger partial charge in [-0.2, -0.15) is 0 Å². The maximum absolute atomic E-state index is 9.07. The Hall–Kier alpha value is -0.560. The van der Waals surface area contributed by atoms with Crippen molar-refractivity contribution in [2.45, 2.75) is 20.3 Å². The standard InChI is InChI=1S/C10H16O/c1-3-10(2)7-5-4-6-9(10)8-11/h4-7,9,11H,3,8H2,1-2H3. The van der Waals surface area contributed by atoms with Crippen LogP contribution in [-0.4, -0.2) is 11.7 Å². The van der Waals surface area contributed by atoms with Crippen molar-refractivity contribution in [1.29, 1.82) is 0 Å². The van der Waals surface area contributed by atoms with Gasteiger partial charge in [-0.05, 0) is 11.8 Å². The molecular weight excluding hydrogens is 136 g/mol. The number of hydrogen-bond acceptors (Lipinski definition) is 1. The largest absolute Gasteiger partial charge is 0.396 e. The van der Waals surface area contributed by atoms with Crippen LogP contribution in [0.4, 0.5) is 0 Å². The Balaban J connectivity index is 2.77. The van der Waals surface area contributed by atoms with Crippen LogP contribution in [0.2, 0.25) is 0 Å². The highest BCUT2D eigenvalue weighted by atomic mass is 16.3. The molecule has 1 nitrogen and oxygen atoms in total. The van der Waals surface area contributed by atoms with Gasteiger partial charge in [-0.1, -0.05) is 38.2 Å². The summed E-state index contributed by atoms with van der Waals surface area (Å²) in [4.78, 5) is 0. The van der Waals surface area contributed by atoms with Gasteiger partial charge >= 0.3 is 0 Å². The predicted molar refractivity (Wildman–Crippen MR) is 47.3 cm³/mol. The normalized spacial score (nSPS) is 36.1. The van der Waals surface area contributed by atoms with E-state index >= 15 is 0 Å². The van der Waals surface area contributed by atoms with Crippen molar-refractivity contribution < 1.29 is 5.11 Å². The van der Waals surface area contributed by atoms with E-state index in [2.05, 4.69) is 32.1 Å². The Labute approximate surface area is 68.4 Å². The molecule has 0 heterocycles. The molecule has 0 aliphatic heterocycles. The minimum absolute atomic E-state index is 0.170. The fourth-order valence-electron chi connectivity index (χ4n) is 1.47. The summed E-state index contributed by atoms with van der Waals surface area (Å²) in [7, 11) is 0. The quantitative estimate of drug-likeness (QED) is 0.642. The van der Waals surface area contributed by atoms with Crippen molar-refractivity contribution in [2.75, 3.05) is 6.61 Å². The number of aliphatic hydroxyl groups is 1. The van der Waals surface area contributed by atoms with Gasteiger partial charge in [-0.3, -0.25) is 0 Å². The van der Waals surface area contributed by atoms with Crippen molar-refractivity contribution in [1.82, 2.24) is 0 Å². The minimum atomic E-state index is 0.170. The molecule has 0 radical (unpaired) electrons. The third-order valence-electron chi connectivity index (χ3n) is 2.74.